The number of rotatable bonds is 0. The Morgan fingerprint density at radius 2 is 1.33 bits per heavy atom. The largest absolute Gasteiger partial charge is 0.176 e. The quantitative estimate of drug-likeness (QED) is 0.549. The van der Waals surface area contributed by atoms with Gasteiger partial charge < -0.3 is 0 Å². The van der Waals surface area contributed by atoms with E-state index in [0.717, 1.165) is 29.6 Å². The molecule has 2 aliphatic carbocycles. The van der Waals surface area contributed by atoms with Crippen molar-refractivity contribution >= 4 is 12.6 Å². The molecule has 0 spiro atoms. The summed E-state index contributed by atoms with van der Waals surface area (Å²) < 4.78 is 0. The highest BCUT2D eigenvalue weighted by Gasteiger charge is 2.49. The van der Waals surface area contributed by atoms with E-state index in [0.29, 0.717) is 5.25 Å². The summed E-state index contributed by atoms with van der Waals surface area (Å²) in [6.45, 7) is 7.27. The zero-order valence-corrected chi connectivity index (χ0v) is 9.22. The van der Waals surface area contributed by atoms with Gasteiger partial charge in [0.25, 0.3) is 0 Å². The molecule has 1 heteroatoms. The van der Waals surface area contributed by atoms with Crippen molar-refractivity contribution in [2.75, 3.05) is 0 Å². The molecule has 70 valence electrons. The first-order chi connectivity index (χ1) is 5.61. The molecule has 0 aromatic heterocycles. The van der Waals surface area contributed by atoms with Crippen molar-refractivity contribution in [3.05, 3.63) is 0 Å². The van der Waals surface area contributed by atoms with E-state index in [1.54, 1.807) is 0 Å². The molecule has 0 amide bonds. The van der Waals surface area contributed by atoms with Crippen molar-refractivity contribution < 1.29 is 0 Å². The molecule has 0 saturated heterocycles. The average Bonchev–Trinajstić information content (AvgIpc) is 2.38. The fourth-order valence-corrected chi connectivity index (χ4v) is 4.76. The fourth-order valence-electron chi connectivity index (χ4n) is 3.93. The molecule has 6 unspecified atom stereocenters. The maximum atomic E-state index is 4.73. The molecule has 2 rings (SSSR count). The highest BCUT2D eigenvalue weighted by molar-refractivity contribution is 7.81. The van der Waals surface area contributed by atoms with Crippen LogP contribution in [0.1, 0.15) is 33.6 Å². The summed E-state index contributed by atoms with van der Waals surface area (Å²) in [6, 6.07) is 0. The second-order valence-corrected chi connectivity index (χ2v) is 5.79. The van der Waals surface area contributed by atoms with Gasteiger partial charge >= 0.3 is 0 Å². The van der Waals surface area contributed by atoms with Gasteiger partial charge in [0, 0.05) is 5.25 Å². The van der Waals surface area contributed by atoms with Crippen LogP contribution in [0.25, 0.3) is 0 Å². The average molecular weight is 184 g/mol. The molecule has 0 aromatic rings. The highest BCUT2D eigenvalue weighted by Crippen LogP contribution is 2.54. The highest BCUT2D eigenvalue weighted by atomic mass is 32.1. The third-order valence-corrected chi connectivity index (χ3v) is 4.77. The van der Waals surface area contributed by atoms with Crippen LogP contribution < -0.4 is 0 Å². The van der Waals surface area contributed by atoms with Crippen molar-refractivity contribution in [3.63, 3.8) is 0 Å². The third-order valence-electron chi connectivity index (χ3n) is 4.22. The van der Waals surface area contributed by atoms with Crippen LogP contribution in [0.2, 0.25) is 0 Å². The van der Waals surface area contributed by atoms with Gasteiger partial charge in [-0.2, -0.15) is 12.6 Å². The minimum atomic E-state index is 0.699. The lowest BCUT2D eigenvalue weighted by Gasteiger charge is -2.20. The summed E-state index contributed by atoms with van der Waals surface area (Å²) in [4.78, 5) is 0. The van der Waals surface area contributed by atoms with Crippen LogP contribution in [0.3, 0.4) is 0 Å². The molecular formula is C11H20S. The van der Waals surface area contributed by atoms with Gasteiger partial charge in [0.05, 0.1) is 0 Å². The van der Waals surface area contributed by atoms with E-state index in [2.05, 4.69) is 20.8 Å². The van der Waals surface area contributed by atoms with E-state index in [-0.39, 0.29) is 0 Å². The monoisotopic (exact) mass is 184 g/mol. The fraction of sp³-hybridized carbons (Fsp3) is 1.00. The topological polar surface area (TPSA) is 0 Å². The van der Waals surface area contributed by atoms with Gasteiger partial charge in [0.15, 0.2) is 0 Å². The summed E-state index contributed by atoms with van der Waals surface area (Å²) in [5.74, 6) is 4.73. The van der Waals surface area contributed by atoms with E-state index < -0.39 is 0 Å². The summed E-state index contributed by atoms with van der Waals surface area (Å²) in [7, 11) is 0. The molecule has 0 radical (unpaired) electrons. The van der Waals surface area contributed by atoms with Crippen molar-refractivity contribution in [1.29, 1.82) is 0 Å². The Bertz CT molecular complexity index is 142. The van der Waals surface area contributed by atoms with Crippen LogP contribution in [0.5, 0.6) is 0 Å². The zero-order valence-electron chi connectivity index (χ0n) is 8.33. The molecule has 0 nitrogen and oxygen atoms in total. The van der Waals surface area contributed by atoms with Crippen molar-refractivity contribution in [3.8, 4) is 0 Å². The number of thiol groups is 1. The van der Waals surface area contributed by atoms with Gasteiger partial charge in [0.2, 0.25) is 0 Å². The number of fused-ring (bicyclic) bond motifs is 1. The Hall–Kier alpha value is 0.350. The molecule has 0 aliphatic heterocycles. The van der Waals surface area contributed by atoms with Gasteiger partial charge in [-0.05, 0) is 42.4 Å². The molecule has 0 N–H and O–H groups in total. The van der Waals surface area contributed by atoms with Crippen LogP contribution in [0, 0.1) is 29.6 Å². The van der Waals surface area contributed by atoms with Crippen molar-refractivity contribution in [1.82, 2.24) is 0 Å². The third kappa shape index (κ3) is 1.13. The maximum absolute atomic E-state index is 4.73. The van der Waals surface area contributed by atoms with Crippen molar-refractivity contribution in [2.24, 2.45) is 29.6 Å². The first-order valence-electron chi connectivity index (χ1n) is 5.29. The van der Waals surface area contributed by atoms with Gasteiger partial charge in [-0.25, -0.2) is 0 Å². The summed E-state index contributed by atoms with van der Waals surface area (Å²) >= 11 is 4.73. The van der Waals surface area contributed by atoms with Gasteiger partial charge in [0.1, 0.15) is 0 Å². The zero-order chi connectivity index (χ0) is 8.88. The molecular weight excluding hydrogens is 164 g/mol. The lowest BCUT2D eigenvalue weighted by molar-refractivity contribution is 0.294. The molecule has 6 atom stereocenters. The van der Waals surface area contributed by atoms with E-state index in [1.807, 2.05) is 0 Å². The van der Waals surface area contributed by atoms with Gasteiger partial charge in [-0.3, -0.25) is 0 Å². The number of hydrogen-bond donors (Lipinski definition) is 1. The lowest BCUT2D eigenvalue weighted by Crippen LogP contribution is -2.17. The van der Waals surface area contributed by atoms with Gasteiger partial charge in [-0.1, -0.05) is 20.8 Å². The van der Waals surface area contributed by atoms with Gasteiger partial charge in [-0.15, -0.1) is 0 Å². The minimum Gasteiger partial charge on any atom is -0.176 e. The van der Waals surface area contributed by atoms with E-state index >= 15 is 0 Å². The smallest absolute Gasteiger partial charge is 0.00531 e. The molecule has 0 bridgehead atoms. The normalized spacial score (nSPS) is 59.0. The Kier molecular flexibility index (Phi) is 2.18. The predicted molar refractivity (Wildman–Crippen MR) is 56.5 cm³/mol. The standard InChI is InChI=1S/C11H20S/c1-6-4-7(2)11-9(12)5-8(3)10(6)11/h6-12H,4-5H2,1-3H3. The Morgan fingerprint density at radius 1 is 0.833 bits per heavy atom. The second kappa shape index (κ2) is 2.94. The van der Waals surface area contributed by atoms with Crippen LogP contribution in [0.4, 0.5) is 0 Å². The molecule has 0 heterocycles. The molecule has 0 aromatic carbocycles. The Balaban J connectivity index is 2.20. The summed E-state index contributed by atoms with van der Waals surface area (Å²) in [6.07, 6.45) is 2.80. The minimum absolute atomic E-state index is 0.699. The maximum Gasteiger partial charge on any atom is 0.00531 e. The summed E-state index contributed by atoms with van der Waals surface area (Å²) in [5.41, 5.74) is 0. The van der Waals surface area contributed by atoms with E-state index in [1.165, 1.54) is 12.8 Å². The Labute approximate surface area is 81.5 Å². The molecule has 12 heavy (non-hydrogen) atoms. The van der Waals surface area contributed by atoms with Crippen molar-refractivity contribution in [2.45, 2.75) is 38.9 Å². The predicted octanol–water partition coefficient (Wildman–Crippen LogP) is 3.23. The lowest BCUT2D eigenvalue weighted by atomic mass is 9.86. The molecule has 2 saturated carbocycles. The van der Waals surface area contributed by atoms with Crippen LogP contribution >= 0.6 is 12.6 Å². The SMILES string of the molecule is CC1CC(C)C2C(S)CC(C)C12. The number of hydrogen-bond acceptors (Lipinski definition) is 1. The molecule has 2 fully saturated rings. The Morgan fingerprint density at radius 3 is 1.92 bits per heavy atom. The molecule has 2 aliphatic rings. The van der Waals surface area contributed by atoms with E-state index in [9.17, 15) is 0 Å². The second-order valence-electron chi connectivity index (χ2n) is 5.13. The van der Waals surface area contributed by atoms with E-state index in [4.69, 9.17) is 12.6 Å². The first kappa shape index (κ1) is 8.93. The van der Waals surface area contributed by atoms with Crippen LogP contribution in [-0.2, 0) is 0 Å². The van der Waals surface area contributed by atoms with Crippen LogP contribution in [-0.4, -0.2) is 5.25 Å². The summed E-state index contributed by atoms with van der Waals surface area (Å²) in [5, 5.41) is 0.699. The first-order valence-corrected chi connectivity index (χ1v) is 5.81. The van der Waals surface area contributed by atoms with Crippen LogP contribution in [0.15, 0.2) is 0 Å².